The fourth-order valence-electron chi connectivity index (χ4n) is 3.60. The standard InChI is InChI=1S/C24H22N2O2S2/c1-14-10-15(2)19(16(3)11-14)13-28-18-6-4-17(5-7-18)12-20-22(27)21(23(25)30-20)24-26-8-9-29-24/h4-12,21,25H,13H2,1-3H3/b20-12-,25-23?/t21-/m1/s1. The number of nitrogens with one attached hydrogen (secondary N) is 1. The molecule has 1 fully saturated rings. The molecular formula is C24H22N2O2S2. The molecule has 4 nitrogen and oxygen atoms in total. The number of allylic oxidation sites excluding steroid dienone is 1. The summed E-state index contributed by atoms with van der Waals surface area (Å²) >= 11 is 2.64. The predicted octanol–water partition coefficient (Wildman–Crippen LogP) is 6.07. The van der Waals surface area contributed by atoms with E-state index in [2.05, 4.69) is 37.9 Å². The van der Waals surface area contributed by atoms with Gasteiger partial charge in [0, 0.05) is 11.6 Å². The van der Waals surface area contributed by atoms with Gasteiger partial charge in [-0.2, -0.15) is 0 Å². The maximum Gasteiger partial charge on any atom is 0.186 e. The van der Waals surface area contributed by atoms with E-state index in [1.165, 1.54) is 45.4 Å². The number of carbonyl (C=O) groups excluding carboxylic acids is 1. The Morgan fingerprint density at radius 3 is 2.47 bits per heavy atom. The van der Waals surface area contributed by atoms with Crippen LogP contribution in [-0.2, 0) is 11.4 Å². The summed E-state index contributed by atoms with van der Waals surface area (Å²) in [6.45, 7) is 6.85. The molecule has 0 spiro atoms. The Bertz CT molecular complexity index is 1110. The van der Waals surface area contributed by atoms with Gasteiger partial charge in [0.1, 0.15) is 23.3 Å². The second kappa shape index (κ2) is 8.58. The lowest BCUT2D eigenvalue weighted by Gasteiger charge is -2.13. The third-order valence-electron chi connectivity index (χ3n) is 5.09. The van der Waals surface area contributed by atoms with E-state index in [9.17, 15) is 4.79 Å². The van der Waals surface area contributed by atoms with Crippen molar-refractivity contribution in [3.8, 4) is 5.75 Å². The van der Waals surface area contributed by atoms with Crippen LogP contribution in [0.4, 0.5) is 0 Å². The van der Waals surface area contributed by atoms with Crippen LogP contribution in [-0.4, -0.2) is 15.8 Å². The molecule has 1 N–H and O–H groups in total. The zero-order valence-electron chi connectivity index (χ0n) is 17.1. The van der Waals surface area contributed by atoms with Crippen molar-refractivity contribution in [3.63, 3.8) is 0 Å². The van der Waals surface area contributed by atoms with Crippen LogP contribution in [0.2, 0.25) is 0 Å². The first-order chi connectivity index (χ1) is 14.4. The molecule has 1 aromatic heterocycles. The Kier molecular flexibility index (Phi) is 5.88. The van der Waals surface area contributed by atoms with Crippen molar-refractivity contribution in [1.29, 1.82) is 5.41 Å². The summed E-state index contributed by atoms with van der Waals surface area (Å²) in [6, 6.07) is 12.1. The number of thiazole rings is 1. The average molecular weight is 435 g/mol. The van der Waals surface area contributed by atoms with Crippen LogP contribution >= 0.6 is 23.1 Å². The van der Waals surface area contributed by atoms with E-state index < -0.39 is 5.92 Å². The van der Waals surface area contributed by atoms with Crippen LogP contribution in [0.1, 0.15) is 38.7 Å². The maximum atomic E-state index is 12.7. The second-order valence-electron chi connectivity index (χ2n) is 7.38. The van der Waals surface area contributed by atoms with Crippen molar-refractivity contribution in [2.75, 3.05) is 0 Å². The fourth-order valence-corrected chi connectivity index (χ4v) is 5.40. The number of hydrogen-bond acceptors (Lipinski definition) is 6. The predicted molar refractivity (Wildman–Crippen MR) is 125 cm³/mol. The highest BCUT2D eigenvalue weighted by atomic mass is 32.2. The van der Waals surface area contributed by atoms with Gasteiger partial charge in [0.2, 0.25) is 0 Å². The van der Waals surface area contributed by atoms with Gasteiger partial charge in [0.15, 0.2) is 5.78 Å². The summed E-state index contributed by atoms with van der Waals surface area (Å²) in [6.07, 6.45) is 3.51. The molecule has 1 aliphatic rings. The van der Waals surface area contributed by atoms with E-state index in [0.717, 1.165) is 11.3 Å². The van der Waals surface area contributed by atoms with E-state index in [4.69, 9.17) is 10.1 Å². The molecule has 6 heteroatoms. The summed E-state index contributed by atoms with van der Waals surface area (Å²) < 4.78 is 5.99. The Labute approximate surface area is 184 Å². The summed E-state index contributed by atoms with van der Waals surface area (Å²) in [7, 11) is 0. The van der Waals surface area contributed by atoms with Gasteiger partial charge in [-0.1, -0.05) is 41.6 Å². The number of benzene rings is 2. The summed E-state index contributed by atoms with van der Waals surface area (Å²) in [5.41, 5.74) is 5.86. The van der Waals surface area contributed by atoms with Gasteiger partial charge in [-0.05, 0) is 61.2 Å². The highest BCUT2D eigenvalue weighted by molar-refractivity contribution is 8.19. The van der Waals surface area contributed by atoms with Gasteiger partial charge in [-0.15, -0.1) is 11.3 Å². The second-order valence-corrected chi connectivity index (χ2v) is 9.39. The molecule has 2 aromatic carbocycles. The third-order valence-corrected chi connectivity index (χ3v) is 6.92. The molecule has 1 saturated heterocycles. The number of nitrogens with zero attached hydrogens (tertiary/aromatic N) is 1. The first-order valence-electron chi connectivity index (χ1n) is 9.63. The van der Waals surface area contributed by atoms with E-state index >= 15 is 0 Å². The van der Waals surface area contributed by atoms with Crippen LogP contribution in [0.15, 0.2) is 52.9 Å². The smallest absolute Gasteiger partial charge is 0.186 e. The average Bonchev–Trinajstić information content (AvgIpc) is 3.30. The molecule has 0 unspecified atom stereocenters. The van der Waals surface area contributed by atoms with Gasteiger partial charge in [-0.25, -0.2) is 4.98 Å². The SMILES string of the molecule is Cc1cc(C)c(COc2ccc(/C=C3\SC(=N)[C@H](c4nccs4)C3=O)cc2)c(C)c1. The maximum absolute atomic E-state index is 12.7. The Hall–Kier alpha value is -2.70. The first-order valence-corrected chi connectivity index (χ1v) is 11.3. The van der Waals surface area contributed by atoms with Crippen molar-refractivity contribution < 1.29 is 9.53 Å². The van der Waals surface area contributed by atoms with Crippen LogP contribution in [0, 0.1) is 26.2 Å². The normalized spacial score (nSPS) is 17.7. The van der Waals surface area contributed by atoms with Crippen molar-refractivity contribution in [1.82, 2.24) is 4.98 Å². The zero-order chi connectivity index (χ0) is 21.3. The topological polar surface area (TPSA) is 63.0 Å². The lowest BCUT2D eigenvalue weighted by molar-refractivity contribution is -0.114. The quantitative estimate of drug-likeness (QED) is 0.495. The third kappa shape index (κ3) is 4.25. The molecule has 0 radical (unpaired) electrons. The first kappa shape index (κ1) is 20.6. The number of ether oxygens (including phenoxy) is 1. The van der Waals surface area contributed by atoms with Crippen LogP contribution < -0.4 is 4.74 Å². The molecule has 3 aromatic rings. The molecule has 2 heterocycles. The minimum Gasteiger partial charge on any atom is -0.489 e. The molecule has 4 rings (SSSR count). The van der Waals surface area contributed by atoms with Gasteiger partial charge >= 0.3 is 0 Å². The minimum atomic E-state index is -0.551. The van der Waals surface area contributed by atoms with E-state index in [0.29, 0.717) is 21.6 Å². The van der Waals surface area contributed by atoms with Crippen molar-refractivity contribution in [2.45, 2.75) is 33.3 Å². The number of hydrogen-bond donors (Lipinski definition) is 1. The molecule has 0 saturated carbocycles. The number of thioether (sulfide) groups is 1. The Morgan fingerprint density at radius 2 is 1.83 bits per heavy atom. The van der Waals surface area contributed by atoms with E-state index in [1.54, 1.807) is 6.20 Å². The summed E-state index contributed by atoms with van der Waals surface area (Å²) in [5.74, 6) is 0.186. The zero-order valence-corrected chi connectivity index (χ0v) is 18.7. The Morgan fingerprint density at radius 1 is 1.13 bits per heavy atom. The number of aryl methyl sites for hydroxylation is 3. The number of Topliss-reactive ketones (excluding diaryl/α,β-unsaturated/α-hetero) is 1. The molecular weight excluding hydrogens is 412 g/mol. The lowest BCUT2D eigenvalue weighted by atomic mass is 10.0. The molecule has 0 bridgehead atoms. The van der Waals surface area contributed by atoms with Gasteiger partial charge in [0.25, 0.3) is 0 Å². The van der Waals surface area contributed by atoms with Crippen LogP contribution in [0.3, 0.4) is 0 Å². The summed E-state index contributed by atoms with van der Waals surface area (Å²) in [5, 5.41) is 11.0. The summed E-state index contributed by atoms with van der Waals surface area (Å²) in [4.78, 5) is 17.5. The largest absolute Gasteiger partial charge is 0.489 e. The van der Waals surface area contributed by atoms with Gasteiger partial charge < -0.3 is 4.74 Å². The van der Waals surface area contributed by atoms with Gasteiger partial charge in [0.05, 0.1) is 9.95 Å². The lowest BCUT2D eigenvalue weighted by Crippen LogP contribution is -2.11. The minimum absolute atomic E-state index is 0.0504. The fraction of sp³-hybridized carbons (Fsp3) is 0.208. The van der Waals surface area contributed by atoms with E-state index in [-0.39, 0.29) is 5.78 Å². The van der Waals surface area contributed by atoms with Gasteiger partial charge in [-0.3, -0.25) is 10.2 Å². The number of aromatic nitrogens is 1. The number of carbonyl (C=O) groups is 1. The van der Waals surface area contributed by atoms with Crippen LogP contribution in [0.25, 0.3) is 6.08 Å². The molecule has 0 amide bonds. The van der Waals surface area contributed by atoms with Crippen molar-refractivity contribution >= 4 is 40.0 Å². The molecule has 152 valence electrons. The Balaban J connectivity index is 1.45. The highest BCUT2D eigenvalue weighted by Gasteiger charge is 2.38. The molecule has 30 heavy (non-hydrogen) atoms. The van der Waals surface area contributed by atoms with Crippen molar-refractivity contribution in [2.24, 2.45) is 0 Å². The van der Waals surface area contributed by atoms with Crippen molar-refractivity contribution in [3.05, 3.63) is 85.7 Å². The van der Waals surface area contributed by atoms with Crippen LogP contribution in [0.5, 0.6) is 5.75 Å². The van der Waals surface area contributed by atoms with E-state index in [1.807, 2.05) is 35.7 Å². The molecule has 1 aliphatic heterocycles. The monoisotopic (exact) mass is 434 g/mol. The molecule has 0 aliphatic carbocycles. The number of rotatable bonds is 5. The molecule has 1 atom stereocenters. The highest BCUT2D eigenvalue weighted by Crippen LogP contribution is 2.41. The number of ketones is 1.